The van der Waals surface area contributed by atoms with E-state index in [0.717, 1.165) is 26.1 Å². The molecule has 3 aromatic rings. The molecule has 0 saturated carbocycles. The molecule has 0 amide bonds. The molecule has 0 radical (unpaired) electrons. The molecule has 2 aromatic carbocycles. The Labute approximate surface area is 162 Å². The minimum Gasteiger partial charge on any atom is -0.299 e. The van der Waals surface area contributed by atoms with Gasteiger partial charge in [0.05, 0.1) is 0 Å². The maximum Gasteiger partial charge on any atom is 0.0466 e. The lowest BCUT2D eigenvalue weighted by molar-refractivity contribution is 0.143. The summed E-state index contributed by atoms with van der Waals surface area (Å²) in [6.07, 6.45) is 6.62. The monoisotopic (exact) mass is 356 g/mol. The fraction of sp³-hybridized carbons (Fsp3) is 0.320. The molecule has 0 spiro atoms. The predicted octanol–water partition coefficient (Wildman–Crippen LogP) is 5.25. The molecule has 27 heavy (non-hydrogen) atoms. The summed E-state index contributed by atoms with van der Waals surface area (Å²) in [6, 6.07) is 28.1. The summed E-state index contributed by atoms with van der Waals surface area (Å²) in [7, 11) is 0. The lowest BCUT2D eigenvalue weighted by Crippen LogP contribution is -2.43. The number of benzene rings is 2. The number of piperidine rings is 1. The molecule has 1 aliphatic heterocycles. The van der Waals surface area contributed by atoms with Crippen LogP contribution >= 0.6 is 0 Å². The molecule has 0 atom stereocenters. The van der Waals surface area contributed by atoms with Crippen LogP contribution in [0.4, 0.5) is 0 Å². The van der Waals surface area contributed by atoms with Gasteiger partial charge < -0.3 is 0 Å². The van der Waals surface area contributed by atoms with Crippen LogP contribution in [0.2, 0.25) is 0 Å². The third-order valence-electron chi connectivity index (χ3n) is 6.01. The quantitative estimate of drug-likeness (QED) is 0.600. The molecular formula is C25H28N2. The molecule has 2 nitrogen and oxygen atoms in total. The zero-order chi connectivity index (χ0) is 18.4. The minimum absolute atomic E-state index is 0.199. The second kappa shape index (κ2) is 8.49. The average Bonchev–Trinajstić information content (AvgIpc) is 2.76. The smallest absolute Gasteiger partial charge is 0.0466 e. The van der Waals surface area contributed by atoms with Crippen molar-refractivity contribution in [3.8, 4) is 0 Å². The van der Waals surface area contributed by atoms with Crippen molar-refractivity contribution >= 4 is 0 Å². The lowest BCUT2D eigenvalue weighted by Gasteiger charge is -2.42. The zero-order valence-corrected chi connectivity index (χ0v) is 15.9. The standard InChI is InChI=1S/C25H28N2/c1-3-9-22(10-4-1)14-15-25(24-13-7-8-18-26-24)16-19-27(20-17-25)21-23-11-5-2-6-12-23/h1-13,18H,14-17,19-21H2. The van der Waals surface area contributed by atoms with Crippen molar-refractivity contribution in [2.24, 2.45) is 0 Å². The third-order valence-corrected chi connectivity index (χ3v) is 6.01. The van der Waals surface area contributed by atoms with Crippen LogP contribution in [0.25, 0.3) is 0 Å². The number of rotatable bonds is 6. The van der Waals surface area contributed by atoms with Crippen molar-refractivity contribution in [1.29, 1.82) is 0 Å². The van der Waals surface area contributed by atoms with E-state index in [1.54, 1.807) is 0 Å². The Balaban J connectivity index is 1.47. The van der Waals surface area contributed by atoms with Crippen LogP contribution in [0.5, 0.6) is 0 Å². The van der Waals surface area contributed by atoms with Crippen molar-refractivity contribution in [2.45, 2.75) is 37.6 Å². The van der Waals surface area contributed by atoms with E-state index in [2.05, 4.69) is 77.7 Å². The average molecular weight is 357 g/mol. The summed E-state index contributed by atoms with van der Waals surface area (Å²) in [6.45, 7) is 3.33. The molecule has 138 valence electrons. The van der Waals surface area contributed by atoms with E-state index >= 15 is 0 Å². The molecule has 1 fully saturated rings. The number of aryl methyl sites for hydroxylation is 1. The van der Waals surface area contributed by atoms with Crippen LogP contribution in [0.3, 0.4) is 0 Å². The van der Waals surface area contributed by atoms with E-state index in [0.29, 0.717) is 0 Å². The summed E-state index contributed by atoms with van der Waals surface area (Å²) in [5, 5.41) is 0. The Hall–Kier alpha value is -2.45. The summed E-state index contributed by atoms with van der Waals surface area (Å²) >= 11 is 0. The van der Waals surface area contributed by atoms with Crippen LogP contribution < -0.4 is 0 Å². The molecule has 2 heteroatoms. The van der Waals surface area contributed by atoms with E-state index in [1.165, 1.54) is 36.1 Å². The van der Waals surface area contributed by atoms with Crippen LogP contribution in [0.15, 0.2) is 85.1 Å². The van der Waals surface area contributed by atoms with E-state index in [1.807, 2.05) is 12.3 Å². The maximum absolute atomic E-state index is 4.78. The molecule has 0 aliphatic carbocycles. The number of hydrogen-bond donors (Lipinski definition) is 0. The third kappa shape index (κ3) is 4.45. The molecular weight excluding hydrogens is 328 g/mol. The van der Waals surface area contributed by atoms with Crippen molar-refractivity contribution < 1.29 is 0 Å². The van der Waals surface area contributed by atoms with Gasteiger partial charge in [-0.25, -0.2) is 0 Å². The molecule has 4 rings (SSSR count). The maximum atomic E-state index is 4.78. The van der Waals surface area contributed by atoms with E-state index in [-0.39, 0.29) is 5.41 Å². The van der Waals surface area contributed by atoms with Gasteiger partial charge in [-0.05, 0) is 62.0 Å². The Morgan fingerprint density at radius 1 is 0.741 bits per heavy atom. The van der Waals surface area contributed by atoms with E-state index in [4.69, 9.17) is 4.98 Å². The Morgan fingerprint density at radius 3 is 2.00 bits per heavy atom. The highest BCUT2D eigenvalue weighted by atomic mass is 15.1. The first-order valence-electron chi connectivity index (χ1n) is 10.1. The van der Waals surface area contributed by atoms with Gasteiger partial charge in [0.2, 0.25) is 0 Å². The van der Waals surface area contributed by atoms with Gasteiger partial charge >= 0.3 is 0 Å². The largest absolute Gasteiger partial charge is 0.299 e. The van der Waals surface area contributed by atoms with E-state index < -0.39 is 0 Å². The molecule has 0 N–H and O–H groups in total. The highest BCUT2D eigenvalue weighted by Gasteiger charge is 2.36. The fourth-order valence-corrected chi connectivity index (χ4v) is 4.32. The lowest BCUT2D eigenvalue weighted by atomic mass is 9.71. The van der Waals surface area contributed by atoms with Crippen LogP contribution in [-0.2, 0) is 18.4 Å². The van der Waals surface area contributed by atoms with Gasteiger partial charge in [0.15, 0.2) is 0 Å². The normalized spacial score (nSPS) is 16.9. The van der Waals surface area contributed by atoms with Crippen LogP contribution in [0.1, 0.15) is 36.1 Å². The summed E-state index contributed by atoms with van der Waals surface area (Å²) < 4.78 is 0. The summed E-state index contributed by atoms with van der Waals surface area (Å²) in [5.41, 5.74) is 4.32. The molecule has 1 saturated heterocycles. The molecule has 0 bridgehead atoms. The fourth-order valence-electron chi connectivity index (χ4n) is 4.32. The number of pyridine rings is 1. The number of aromatic nitrogens is 1. The highest BCUT2D eigenvalue weighted by molar-refractivity contribution is 5.22. The van der Waals surface area contributed by atoms with Gasteiger partial charge in [-0.2, -0.15) is 0 Å². The predicted molar refractivity (Wildman–Crippen MR) is 112 cm³/mol. The first-order chi connectivity index (χ1) is 13.3. The number of hydrogen-bond acceptors (Lipinski definition) is 2. The van der Waals surface area contributed by atoms with Crippen LogP contribution in [0, 0.1) is 0 Å². The zero-order valence-electron chi connectivity index (χ0n) is 15.9. The highest BCUT2D eigenvalue weighted by Crippen LogP contribution is 2.39. The van der Waals surface area contributed by atoms with Crippen molar-refractivity contribution in [3.05, 3.63) is 102 Å². The van der Waals surface area contributed by atoms with Gasteiger partial charge in [0, 0.05) is 23.9 Å². The summed E-state index contributed by atoms with van der Waals surface area (Å²) in [4.78, 5) is 7.37. The first-order valence-corrected chi connectivity index (χ1v) is 10.1. The minimum atomic E-state index is 0.199. The topological polar surface area (TPSA) is 16.1 Å². The van der Waals surface area contributed by atoms with E-state index in [9.17, 15) is 0 Å². The van der Waals surface area contributed by atoms with Crippen molar-refractivity contribution in [2.75, 3.05) is 13.1 Å². The van der Waals surface area contributed by atoms with Gasteiger partial charge in [-0.15, -0.1) is 0 Å². The van der Waals surface area contributed by atoms with Gasteiger partial charge in [-0.3, -0.25) is 9.88 Å². The van der Waals surface area contributed by atoms with Gasteiger partial charge in [0.1, 0.15) is 0 Å². The number of nitrogens with zero attached hydrogens (tertiary/aromatic N) is 2. The van der Waals surface area contributed by atoms with Crippen molar-refractivity contribution in [3.63, 3.8) is 0 Å². The summed E-state index contributed by atoms with van der Waals surface area (Å²) in [5.74, 6) is 0. The molecule has 1 aromatic heterocycles. The first kappa shape index (κ1) is 17.9. The Bertz CT molecular complexity index is 807. The molecule has 2 heterocycles. The SMILES string of the molecule is c1ccc(CCC2(c3ccccn3)CCN(Cc3ccccc3)CC2)cc1. The van der Waals surface area contributed by atoms with Crippen molar-refractivity contribution in [1.82, 2.24) is 9.88 Å². The Kier molecular flexibility index (Phi) is 5.64. The van der Waals surface area contributed by atoms with Gasteiger partial charge in [-0.1, -0.05) is 66.7 Å². The number of likely N-dealkylation sites (tertiary alicyclic amines) is 1. The second-order valence-electron chi connectivity index (χ2n) is 7.74. The molecule has 1 aliphatic rings. The van der Waals surface area contributed by atoms with Gasteiger partial charge in [0.25, 0.3) is 0 Å². The molecule has 0 unspecified atom stereocenters. The van der Waals surface area contributed by atoms with Crippen LogP contribution in [-0.4, -0.2) is 23.0 Å². The Morgan fingerprint density at radius 2 is 1.37 bits per heavy atom. The second-order valence-corrected chi connectivity index (χ2v) is 7.74.